The minimum absolute atomic E-state index is 0.573. The lowest BCUT2D eigenvalue weighted by molar-refractivity contribution is 0.210. The predicted octanol–water partition coefficient (Wildman–Crippen LogP) is 2.95. The van der Waals surface area contributed by atoms with Crippen LogP contribution in [0.2, 0.25) is 0 Å². The Kier molecular flexibility index (Phi) is 3.48. The number of anilines is 2. The highest BCUT2D eigenvalue weighted by atomic mass is 16.4. The average molecular weight is 242 g/mol. The van der Waals surface area contributed by atoms with Gasteiger partial charge >= 0.3 is 6.09 Å². The van der Waals surface area contributed by atoms with Crippen LogP contribution in [0.1, 0.15) is 11.1 Å². The first-order chi connectivity index (χ1) is 8.63. The molecular weight excluding hydrogens is 228 g/mol. The van der Waals surface area contributed by atoms with E-state index in [2.05, 4.69) is 5.32 Å². The van der Waals surface area contributed by atoms with Gasteiger partial charge in [0, 0.05) is 11.4 Å². The van der Waals surface area contributed by atoms with Crippen molar-refractivity contribution >= 4 is 17.5 Å². The molecule has 0 saturated heterocycles. The fourth-order valence-electron chi connectivity index (χ4n) is 1.70. The van der Waals surface area contributed by atoms with E-state index in [4.69, 9.17) is 10.8 Å². The molecule has 0 radical (unpaired) electrons. The molecule has 92 valence electrons. The van der Waals surface area contributed by atoms with Gasteiger partial charge in [0.15, 0.2) is 0 Å². The lowest BCUT2D eigenvalue weighted by Crippen LogP contribution is -2.06. The molecule has 1 amide bonds. The van der Waals surface area contributed by atoms with E-state index in [1.807, 2.05) is 36.4 Å². The Labute approximate surface area is 105 Å². The molecule has 2 aromatic carbocycles. The standard InChI is InChI=1S/C14H14N2O2/c15-12-5-1-10(2-6-12)9-11-3-7-13(8-4-11)16-14(17)18/h1-8,16H,9,15H2,(H,17,18). The van der Waals surface area contributed by atoms with Crippen molar-refractivity contribution in [2.24, 2.45) is 0 Å². The van der Waals surface area contributed by atoms with Gasteiger partial charge in [-0.2, -0.15) is 0 Å². The lowest BCUT2D eigenvalue weighted by atomic mass is 10.0. The van der Waals surface area contributed by atoms with Gasteiger partial charge in [0.05, 0.1) is 0 Å². The second-order valence-corrected chi connectivity index (χ2v) is 4.05. The second kappa shape index (κ2) is 5.23. The van der Waals surface area contributed by atoms with Gasteiger partial charge in [0.1, 0.15) is 0 Å². The normalized spacial score (nSPS) is 10.0. The summed E-state index contributed by atoms with van der Waals surface area (Å²) in [6.45, 7) is 0. The molecule has 0 aliphatic rings. The first kappa shape index (κ1) is 12.0. The summed E-state index contributed by atoms with van der Waals surface area (Å²) >= 11 is 0. The summed E-state index contributed by atoms with van der Waals surface area (Å²) < 4.78 is 0. The van der Waals surface area contributed by atoms with Crippen LogP contribution in [0.5, 0.6) is 0 Å². The van der Waals surface area contributed by atoms with Crippen molar-refractivity contribution < 1.29 is 9.90 Å². The van der Waals surface area contributed by atoms with Gasteiger partial charge in [-0.1, -0.05) is 24.3 Å². The van der Waals surface area contributed by atoms with Crippen LogP contribution >= 0.6 is 0 Å². The zero-order valence-corrected chi connectivity index (χ0v) is 9.76. The van der Waals surface area contributed by atoms with E-state index in [0.717, 1.165) is 17.7 Å². The number of rotatable bonds is 3. The molecule has 4 nitrogen and oxygen atoms in total. The van der Waals surface area contributed by atoms with Crippen LogP contribution in [-0.4, -0.2) is 11.2 Å². The minimum atomic E-state index is -1.05. The number of nitrogens with two attached hydrogens (primary N) is 1. The molecule has 0 aliphatic heterocycles. The number of hydrogen-bond donors (Lipinski definition) is 3. The molecular formula is C14H14N2O2. The predicted molar refractivity (Wildman–Crippen MR) is 71.7 cm³/mol. The number of benzene rings is 2. The van der Waals surface area contributed by atoms with E-state index >= 15 is 0 Å². The Morgan fingerprint density at radius 2 is 1.50 bits per heavy atom. The van der Waals surface area contributed by atoms with Crippen LogP contribution in [-0.2, 0) is 6.42 Å². The molecule has 0 bridgehead atoms. The summed E-state index contributed by atoms with van der Waals surface area (Å²) in [5.74, 6) is 0. The van der Waals surface area contributed by atoms with Crippen LogP contribution in [0, 0.1) is 0 Å². The summed E-state index contributed by atoms with van der Waals surface area (Å²) in [4.78, 5) is 10.5. The molecule has 0 saturated carbocycles. The maximum atomic E-state index is 10.5. The maximum absolute atomic E-state index is 10.5. The molecule has 0 unspecified atom stereocenters. The fourth-order valence-corrected chi connectivity index (χ4v) is 1.70. The van der Waals surface area contributed by atoms with Crippen molar-refractivity contribution in [3.63, 3.8) is 0 Å². The van der Waals surface area contributed by atoms with E-state index in [9.17, 15) is 4.79 Å². The van der Waals surface area contributed by atoms with Crippen molar-refractivity contribution in [2.45, 2.75) is 6.42 Å². The summed E-state index contributed by atoms with van der Waals surface area (Å²) in [5.41, 5.74) is 9.24. The number of carbonyl (C=O) groups is 1. The largest absolute Gasteiger partial charge is 0.465 e. The molecule has 2 rings (SSSR count). The summed E-state index contributed by atoms with van der Waals surface area (Å²) in [6.07, 6.45) is -0.255. The third kappa shape index (κ3) is 3.25. The Morgan fingerprint density at radius 1 is 1.00 bits per heavy atom. The number of carboxylic acid groups (broad SMARTS) is 1. The van der Waals surface area contributed by atoms with E-state index in [0.29, 0.717) is 5.69 Å². The molecule has 4 heteroatoms. The SMILES string of the molecule is Nc1ccc(Cc2ccc(NC(=O)O)cc2)cc1. The zero-order valence-electron chi connectivity index (χ0n) is 9.76. The third-order valence-electron chi connectivity index (χ3n) is 2.59. The van der Waals surface area contributed by atoms with Gasteiger partial charge in [0.25, 0.3) is 0 Å². The highest BCUT2D eigenvalue weighted by Crippen LogP contribution is 2.14. The van der Waals surface area contributed by atoms with E-state index in [1.165, 1.54) is 5.56 Å². The lowest BCUT2D eigenvalue weighted by Gasteiger charge is -2.04. The quantitative estimate of drug-likeness (QED) is 0.724. The van der Waals surface area contributed by atoms with Crippen molar-refractivity contribution in [3.05, 3.63) is 59.7 Å². The maximum Gasteiger partial charge on any atom is 0.409 e. The van der Waals surface area contributed by atoms with E-state index in [-0.39, 0.29) is 0 Å². The Hall–Kier alpha value is -2.49. The topological polar surface area (TPSA) is 75.3 Å². The van der Waals surface area contributed by atoms with Crippen LogP contribution in [0.4, 0.5) is 16.2 Å². The van der Waals surface area contributed by atoms with Gasteiger partial charge in [-0.25, -0.2) is 4.79 Å². The van der Waals surface area contributed by atoms with E-state index in [1.54, 1.807) is 12.1 Å². The molecule has 0 heterocycles. The van der Waals surface area contributed by atoms with Gasteiger partial charge in [-0.3, -0.25) is 5.32 Å². The van der Waals surface area contributed by atoms with Gasteiger partial charge in [0.2, 0.25) is 0 Å². The van der Waals surface area contributed by atoms with Crippen LogP contribution in [0.25, 0.3) is 0 Å². The Morgan fingerprint density at radius 3 is 2.00 bits per heavy atom. The number of nitrogens with one attached hydrogen (secondary N) is 1. The van der Waals surface area contributed by atoms with Crippen molar-refractivity contribution in [2.75, 3.05) is 11.1 Å². The number of nitrogen functional groups attached to an aromatic ring is 1. The smallest absolute Gasteiger partial charge is 0.409 e. The molecule has 0 aromatic heterocycles. The fraction of sp³-hybridized carbons (Fsp3) is 0.0714. The molecule has 0 fully saturated rings. The highest BCUT2D eigenvalue weighted by Gasteiger charge is 1.99. The monoisotopic (exact) mass is 242 g/mol. The van der Waals surface area contributed by atoms with Crippen molar-refractivity contribution in [1.29, 1.82) is 0 Å². The highest BCUT2D eigenvalue weighted by molar-refractivity contribution is 5.82. The summed E-state index contributed by atoms with van der Waals surface area (Å²) in [5, 5.41) is 10.9. The zero-order chi connectivity index (χ0) is 13.0. The van der Waals surface area contributed by atoms with Crippen LogP contribution in [0.3, 0.4) is 0 Å². The molecule has 4 N–H and O–H groups in total. The summed E-state index contributed by atoms with van der Waals surface area (Å²) in [6, 6.07) is 15.0. The molecule has 18 heavy (non-hydrogen) atoms. The average Bonchev–Trinajstić information content (AvgIpc) is 2.34. The first-order valence-electron chi connectivity index (χ1n) is 5.57. The summed E-state index contributed by atoms with van der Waals surface area (Å²) in [7, 11) is 0. The first-order valence-corrected chi connectivity index (χ1v) is 5.57. The molecule has 0 aliphatic carbocycles. The number of hydrogen-bond acceptors (Lipinski definition) is 2. The number of amides is 1. The Balaban J connectivity index is 2.06. The van der Waals surface area contributed by atoms with Crippen molar-refractivity contribution in [1.82, 2.24) is 0 Å². The van der Waals surface area contributed by atoms with Gasteiger partial charge in [-0.05, 0) is 41.8 Å². The minimum Gasteiger partial charge on any atom is -0.465 e. The van der Waals surface area contributed by atoms with Gasteiger partial charge in [-0.15, -0.1) is 0 Å². The molecule has 0 atom stereocenters. The molecule has 0 spiro atoms. The van der Waals surface area contributed by atoms with Crippen LogP contribution in [0.15, 0.2) is 48.5 Å². The Bertz CT molecular complexity index is 533. The van der Waals surface area contributed by atoms with Gasteiger partial charge < -0.3 is 10.8 Å². The molecule has 2 aromatic rings. The second-order valence-electron chi connectivity index (χ2n) is 4.05. The van der Waals surface area contributed by atoms with E-state index < -0.39 is 6.09 Å². The van der Waals surface area contributed by atoms with Crippen LogP contribution < -0.4 is 11.1 Å². The van der Waals surface area contributed by atoms with Crippen molar-refractivity contribution in [3.8, 4) is 0 Å². The third-order valence-corrected chi connectivity index (χ3v) is 2.59.